The minimum absolute atomic E-state index is 0.0132. The second kappa shape index (κ2) is 15.1. The molecular formula is C26H41N7O5. The van der Waals surface area contributed by atoms with Gasteiger partial charge in [-0.3, -0.25) is 14.8 Å². The lowest BCUT2D eigenvalue weighted by molar-refractivity contribution is -0.129. The van der Waals surface area contributed by atoms with E-state index in [2.05, 4.69) is 32.9 Å². The number of hydrogen-bond acceptors (Lipinski definition) is 10. The minimum Gasteiger partial charge on any atom is -0.493 e. The maximum atomic E-state index is 12.1. The van der Waals surface area contributed by atoms with Crippen LogP contribution in [0.4, 0.5) is 11.8 Å². The van der Waals surface area contributed by atoms with Gasteiger partial charge in [-0.2, -0.15) is 4.98 Å². The van der Waals surface area contributed by atoms with Crippen molar-refractivity contribution in [3.8, 4) is 11.5 Å². The zero-order valence-electron chi connectivity index (χ0n) is 22.6. The molecule has 210 valence electrons. The highest BCUT2D eigenvalue weighted by Gasteiger charge is 2.20. The van der Waals surface area contributed by atoms with Gasteiger partial charge in [-0.05, 0) is 51.9 Å². The summed E-state index contributed by atoms with van der Waals surface area (Å²) in [5.41, 5.74) is 2.35. The summed E-state index contributed by atoms with van der Waals surface area (Å²) in [7, 11) is 5.34. The summed E-state index contributed by atoms with van der Waals surface area (Å²) >= 11 is 0. The lowest BCUT2D eigenvalue weighted by Gasteiger charge is -2.30. The Labute approximate surface area is 223 Å². The number of benzene rings is 1. The summed E-state index contributed by atoms with van der Waals surface area (Å²) in [6.07, 6.45) is 5.93. The van der Waals surface area contributed by atoms with Crippen molar-refractivity contribution in [2.24, 2.45) is 0 Å². The average Bonchev–Trinajstić information content (AvgIpc) is 2.93. The van der Waals surface area contributed by atoms with Gasteiger partial charge in [0.15, 0.2) is 11.5 Å². The van der Waals surface area contributed by atoms with Gasteiger partial charge in [0.05, 0.1) is 19.7 Å². The quantitative estimate of drug-likeness (QED) is 0.132. The number of likely N-dealkylation sites (tertiary alicyclic amines) is 1. The molecule has 5 N–H and O–H groups in total. The number of nitrogens with zero attached hydrogens (tertiary/aromatic N) is 3. The fourth-order valence-electron chi connectivity index (χ4n) is 4.44. The van der Waals surface area contributed by atoms with E-state index in [4.69, 9.17) is 19.7 Å². The second-order valence-electron chi connectivity index (χ2n) is 9.57. The topological polar surface area (TPSA) is 150 Å². The van der Waals surface area contributed by atoms with Gasteiger partial charge in [0.2, 0.25) is 17.8 Å². The van der Waals surface area contributed by atoms with Gasteiger partial charge in [0, 0.05) is 43.4 Å². The molecule has 2 heterocycles. The highest BCUT2D eigenvalue weighted by atomic mass is 16.5. The number of amides is 2. The number of hydrogen-bond donors (Lipinski definition) is 5. The number of unbranched alkanes of at least 4 members (excludes halogenated alkanes) is 3. The van der Waals surface area contributed by atoms with Gasteiger partial charge < -0.3 is 30.3 Å². The number of piperidine rings is 1. The minimum atomic E-state index is -0.380. The molecule has 38 heavy (non-hydrogen) atoms. The summed E-state index contributed by atoms with van der Waals surface area (Å²) in [4.78, 5) is 34.9. The molecule has 3 rings (SSSR count). The second-order valence-corrected chi connectivity index (χ2v) is 9.57. The number of ether oxygens (including phenoxy) is 2. The molecule has 1 aromatic carbocycles. The number of methoxy groups -OCH3 is 2. The molecule has 12 nitrogen and oxygen atoms in total. The first-order chi connectivity index (χ1) is 18.4. The Balaban J connectivity index is 1.54. The number of aromatic nitrogens is 2. The monoisotopic (exact) mass is 531 g/mol. The van der Waals surface area contributed by atoms with Crippen molar-refractivity contribution in [2.45, 2.75) is 57.4 Å². The Hall–Kier alpha value is -3.38. The molecule has 2 amide bonds. The largest absolute Gasteiger partial charge is 0.493 e. The first kappa shape index (κ1) is 29.2. The highest BCUT2D eigenvalue weighted by molar-refractivity contribution is 5.92. The first-order valence-electron chi connectivity index (χ1n) is 13.3. The standard InChI is InChI=1S/C26H41N7O5/c1-33-14-10-18(11-15-33)29-25-19-16-21(37-2)22(38-3)17-20(19)30-26(31-25)28-13-12-27-23(34)8-6-4-5-7-9-24(35)32-36/h16-18,36H,4-15H2,1-3H3,(H,27,34)(H,32,35)(H2,28,29,30,31). The fourth-order valence-corrected chi connectivity index (χ4v) is 4.44. The number of rotatable bonds is 15. The van der Waals surface area contributed by atoms with Gasteiger partial charge in [0.1, 0.15) is 5.82 Å². The third-order valence-corrected chi connectivity index (χ3v) is 6.67. The predicted octanol–water partition coefficient (Wildman–Crippen LogP) is 2.53. The van der Waals surface area contributed by atoms with Crippen molar-refractivity contribution in [1.29, 1.82) is 0 Å². The Morgan fingerprint density at radius 2 is 1.63 bits per heavy atom. The van der Waals surface area contributed by atoms with Crippen LogP contribution in [-0.4, -0.2) is 85.4 Å². The van der Waals surface area contributed by atoms with Crippen molar-refractivity contribution >= 4 is 34.5 Å². The van der Waals surface area contributed by atoms with Crippen LogP contribution in [0.5, 0.6) is 11.5 Å². The van der Waals surface area contributed by atoms with Crippen molar-refractivity contribution in [2.75, 3.05) is 58.1 Å². The SMILES string of the molecule is COc1cc2nc(NCCNC(=O)CCCCCCC(=O)NO)nc(NC3CCN(C)CC3)c2cc1OC. The zero-order chi connectivity index (χ0) is 27.3. The van der Waals surface area contributed by atoms with Gasteiger partial charge in [-0.1, -0.05) is 12.8 Å². The molecule has 1 saturated heterocycles. The summed E-state index contributed by atoms with van der Waals surface area (Å²) in [5, 5.41) is 19.1. The van der Waals surface area contributed by atoms with Crippen molar-refractivity contribution < 1.29 is 24.3 Å². The number of carbonyl (C=O) groups excluding carboxylic acids is 2. The maximum absolute atomic E-state index is 12.1. The Bertz CT molecular complexity index is 1060. The molecule has 0 atom stereocenters. The normalized spacial score (nSPS) is 14.2. The van der Waals surface area contributed by atoms with Crippen LogP contribution in [0.1, 0.15) is 51.4 Å². The predicted molar refractivity (Wildman–Crippen MR) is 146 cm³/mol. The molecule has 1 fully saturated rings. The van der Waals surface area contributed by atoms with Crippen LogP contribution in [0.15, 0.2) is 12.1 Å². The highest BCUT2D eigenvalue weighted by Crippen LogP contribution is 2.35. The Morgan fingerprint density at radius 1 is 0.974 bits per heavy atom. The number of anilines is 2. The Kier molecular flexibility index (Phi) is 11.6. The fraction of sp³-hybridized carbons (Fsp3) is 0.615. The van der Waals surface area contributed by atoms with Crippen LogP contribution >= 0.6 is 0 Å². The van der Waals surface area contributed by atoms with E-state index in [0.29, 0.717) is 55.8 Å². The van der Waals surface area contributed by atoms with E-state index in [-0.39, 0.29) is 11.8 Å². The average molecular weight is 532 g/mol. The number of nitrogens with one attached hydrogen (secondary N) is 4. The summed E-state index contributed by atoms with van der Waals surface area (Å²) in [6, 6.07) is 4.06. The molecule has 1 aromatic heterocycles. The van der Waals surface area contributed by atoms with Crippen LogP contribution in [0, 0.1) is 0 Å². The van der Waals surface area contributed by atoms with E-state index >= 15 is 0 Å². The molecule has 2 aromatic rings. The van der Waals surface area contributed by atoms with E-state index in [1.165, 1.54) is 0 Å². The van der Waals surface area contributed by atoms with Crippen LogP contribution in [0.2, 0.25) is 0 Å². The molecule has 0 spiro atoms. The Morgan fingerprint density at radius 3 is 2.29 bits per heavy atom. The molecule has 0 bridgehead atoms. The summed E-state index contributed by atoms with van der Waals surface area (Å²) in [6.45, 7) is 2.99. The number of carbonyl (C=O) groups is 2. The molecule has 0 saturated carbocycles. The lowest BCUT2D eigenvalue weighted by Crippen LogP contribution is -2.37. The van der Waals surface area contributed by atoms with Crippen LogP contribution in [0.3, 0.4) is 0 Å². The first-order valence-corrected chi connectivity index (χ1v) is 13.3. The van der Waals surface area contributed by atoms with Crippen molar-refractivity contribution in [1.82, 2.24) is 25.7 Å². The summed E-state index contributed by atoms with van der Waals surface area (Å²) in [5.74, 6) is 2.04. The van der Waals surface area contributed by atoms with E-state index in [0.717, 1.165) is 61.9 Å². The van der Waals surface area contributed by atoms with Gasteiger partial charge in [-0.25, -0.2) is 10.5 Å². The van der Waals surface area contributed by atoms with Crippen molar-refractivity contribution in [3.05, 3.63) is 12.1 Å². The van der Waals surface area contributed by atoms with Gasteiger partial charge >= 0.3 is 0 Å². The van der Waals surface area contributed by atoms with E-state index < -0.39 is 0 Å². The molecule has 0 unspecified atom stereocenters. The van der Waals surface area contributed by atoms with Crippen LogP contribution in [0.25, 0.3) is 10.9 Å². The number of fused-ring (bicyclic) bond motifs is 1. The molecule has 12 heteroatoms. The van der Waals surface area contributed by atoms with Gasteiger partial charge in [0.25, 0.3) is 0 Å². The van der Waals surface area contributed by atoms with Gasteiger partial charge in [-0.15, -0.1) is 0 Å². The zero-order valence-corrected chi connectivity index (χ0v) is 22.6. The molecule has 0 aliphatic carbocycles. The smallest absolute Gasteiger partial charge is 0.243 e. The summed E-state index contributed by atoms with van der Waals surface area (Å²) < 4.78 is 11.0. The van der Waals surface area contributed by atoms with Crippen LogP contribution < -0.4 is 30.9 Å². The third kappa shape index (κ3) is 8.88. The molecule has 0 radical (unpaired) electrons. The van der Waals surface area contributed by atoms with E-state index in [9.17, 15) is 9.59 Å². The van der Waals surface area contributed by atoms with E-state index in [1.54, 1.807) is 19.7 Å². The molecule has 1 aliphatic rings. The number of hydroxylamine groups is 1. The maximum Gasteiger partial charge on any atom is 0.243 e. The van der Waals surface area contributed by atoms with E-state index in [1.807, 2.05) is 12.1 Å². The lowest BCUT2D eigenvalue weighted by atomic mass is 10.1. The molecule has 1 aliphatic heterocycles. The molecular weight excluding hydrogens is 490 g/mol. The van der Waals surface area contributed by atoms with Crippen LogP contribution in [-0.2, 0) is 9.59 Å². The third-order valence-electron chi connectivity index (χ3n) is 6.67. The van der Waals surface area contributed by atoms with Crippen molar-refractivity contribution in [3.63, 3.8) is 0 Å².